The Bertz CT molecular complexity index is 392. The molecule has 4 nitrogen and oxygen atoms in total. The Labute approximate surface area is 94.8 Å². The van der Waals surface area contributed by atoms with Crippen LogP contribution >= 0.6 is 0 Å². The largest absolute Gasteiger partial charge is 0.479 e. The Morgan fingerprint density at radius 1 is 1.44 bits per heavy atom. The fourth-order valence-electron chi connectivity index (χ4n) is 1.77. The zero-order chi connectivity index (χ0) is 11.5. The fraction of sp³-hybridized carbons (Fsp3) is 0.417. The van der Waals surface area contributed by atoms with Crippen molar-refractivity contribution in [2.75, 3.05) is 25.2 Å². The molecular formula is C12H15NO3. The zero-order valence-corrected chi connectivity index (χ0v) is 9.47. The predicted molar refractivity (Wildman–Crippen MR) is 60.8 cm³/mol. The minimum absolute atomic E-state index is 0.0178. The predicted octanol–water partition coefficient (Wildman–Crippen LogP) is 1.45. The second-order valence-corrected chi connectivity index (χ2v) is 3.71. The van der Waals surface area contributed by atoms with Gasteiger partial charge in [-0.3, -0.25) is 4.79 Å². The number of fused-ring (bicyclic) bond motifs is 1. The number of anilines is 1. The summed E-state index contributed by atoms with van der Waals surface area (Å²) in [6, 6.07) is 7.55. The summed E-state index contributed by atoms with van der Waals surface area (Å²) in [4.78, 5) is 13.7. The number of hydrogen-bond donors (Lipinski definition) is 0. The zero-order valence-electron chi connectivity index (χ0n) is 9.47. The first kappa shape index (κ1) is 11.0. The van der Waals surface area contributed by atoms with Crippen molar-refractivity contribution in [2.24, 2.45) is 0 Å². The van der Waals surface area contributed by atoms with Gasteiger partial charge in [-0.05, 0) is 19.1 Å². The normalized spacial score (nSPS) is 19.2. The molecule has 4 heteroatoms. The number of ether oxygens (including phenoxy) is 2. The van der Waals surface area contributed by atoms with Gasteiger partial charge in [-0.25, -0.2) is 0 Å². The summed E-state index contributed by atoms with van der Waals surface area (Å²) in [6.07, 6.45) is -0.424. The van der Waals surface area contributed by atoms with Crippen molar-refractivity contribution in [1.29, 1.82) is 0 Å². The van der Waals surface area contributed by atoms with Gasteiger partial charge in [-0.15, -0.1) is 0 Å². The molecule has 0 bridgehead atoms. The van der Waals surface area contributed by atoms with E-state index < -0.39 is 6.10 Å². The topological polar surface area (TPSA) is 38.8 Å². The van der Waals surface area contributed by atoms with Gasteiger partial charge in [0.1, 0.15) is 5.75 Å². The molecule has 16 heavy (non-hydrogen) atoms. The van der Waals surface area contributed by atoms with Crippen molar-refractivity contribution in [3.63, 3.8) is 0 Å². The average Bonchev–Trinajstić information content (AvgIpc) is 2.30. The summed E-state index contributed by atoms with van der Waals surface area (Å²) in [6.45, 7) is 2.84. The molecule has 1 aliphatic rings. The van der Waals surface area contributed by atoms with E-state index >= 15 is 0 Å². The molecule has 0 spiro atoms. The highest BCUT2D eigenvalue weighted by Crippen LogP contribution is 2.33. The van der Waals surface area contributed by atoms with Crippen LogP contribution in [0.25, 0.3) is 0 Å². The minimum Gasteiger partial charge on any atom is -0.479 e. The molecule has 0 saturated carbocycles. The van der Waals surface area contributed by atoms with Crippen LogP contribution < -0.4 is 9.64 Å². The Hall–Kier alpha value is -1.55. The number of benzene rings is 1. The third-order valence-electron chi connectivity index (χ3n) is 2.59. The van der Waals surface area contributed by atoms with E-state index in [0.717, 1.165) is 11.4 Å². The lowest BCUT2D eigenvalue weighted by Crippen LogP contribution is -2.45. The second-order valence-electron chi connectivity index (χ2n) is 3.71. The van der Waals surface area contributed by atoms with Crippen LogP contribution in [0.4, 0.5) is 5.69 Å². The van der Waals surface area contributed by atoms with Crippen LogP contribution in [0, 0.1) is 0 Å². The van der Waals surface area contributed by atoms with E-state index in [1.54, 1.807) is 18.9 Å². The summed E-state index contributed by atoms with van der Waals surface area (Å²) >= 11 is 0. The maximum atomic E-state index is 11.9. The lowest BCUT2D eigenvalue weighted by Gasteiger charge is -2.32. The highest BCUT2D eigenvalue weighted by Gasteiger charge is 2.30. The highest BCUT2D eigenvalue weighted by atomic mass is 16.5. The Morgan fingerprint density at radius 2 is 2.19 bits per heavy atom. The maximum absolute atomic E-state index is 11.9. The van der Waals surface area contributed by atoms with Crippen molar-refractivity contribution in [3.8, 4) is 5.75 Å². The van der Waals surface area contributed by atoms with Gasteiger partial charge in [0.25, 0.3) is 5.91 Å². The lowest BCUT2D eigenvalue weighted by atomic mass is 10.2. The minimum atomic E-state index is -0.424. The molecule has 1 atom stereocenters. The van der Waals surface area contributed by atoms with Crippen molar-refractivity contribution in [3.05, 3.63) is 24.3 Å². The van der Waals surface area contributed by atoms with E-state index in [0.29, 0.717) is 13.2 Å². The van der Waals surface area contributed by atoms with Gasteiger partial charge in [0, 0.05) is 13.7 Å². The summed E-state index contributed by atoms with van der Waals surface area (Å²) in [5.41, 5.74) is 0.822. The molecule has 1 unspecified atom stereocenters. The molecule has 0 aromatic heterocycles. The SMILES string of the molecule is COCCN1C(=O)C(C)Oc2ccccc21. The highest BCUT2D eigenvalue weighted by molar-refractivity contribution is 5.99. The van der Waals surface area contributed by atoms with Crippen molar-refractivity contribution < 1.29 is 14.3 Å². The molecule has 1 amide bonds. The van der Waals surface area contributed by atoms with Crippen LogP contribution in [0.3, 0.4) is 0 Å². The van der Waals surface area contributed by atoms with Gasteiger partial charge in [0.2, 0.25) is 0 Å². The third kappa shape index (κ3) is 1.88. The van der Waals surface area contributed by atoms with Gasteiger partial charge >= 0.3 is 0 Å². The van der Waals surface area contributed by atoms with E-state index in [9.17, 15) is 4.79 Å². The standard InChI is InChI=1S/C12H15NO3/c1-9-12(14)13(7-8-15-2)10-5-3-4-6-11(10)16-9/h3-6,9H,7-8H2,1-2H3. The number of para-hydroxylation sites is 2. The molecule has 1 aromatic rings. The second kappa shape index (κ2) is 4.53. The first-order valence-corrected chi connectivity index (χ1v) is 5.30. The molecule has 86 valence electrons. The molecule has 0 N–H and O–H groups in total. The van der Waals surface area contributed by atoms with Gasteiger partial charge in [-0.1, -0.05) is 12.1 Å². The summed E-state index contributed by atoms with van der Waals surface area (Å²) in [5.74, 6) is 0.737. The molecule has 0 saturated heterocycles. The summed E-state index contributed by atoms with van der Waals surface area (Å²) in [7, 11) is 1.63. The van der Waals surface area contributed by atoms with Crippen LogP contribution in [-0.4, -0.2) is 32.3 Å². The molecular weight excluding hydrogens is 206 g/mol. The fourth-order valence-corrected chi connectivity index (χ4v) is 1.77. The monoisotopic (exact) mass is 221 g/mol. The van der Waals surface area contributed by atoms with Gasteiger partial charge in [0.05, 0.1) is 12.3 Å². The molecule has 0 fully saturated rings. The molecule has 0 aliphatic carbocycles. The van der Waals surface area contributed by atoms with Gasteiger partial charge in [-0.2, -0.15) is 0 Å². The molecule has 1 aliphatic heterocycles. The van der Waals surface area contributed by atoms with Crippen LogP contribution in [-0.2, 0) is 9.53 Å². The number of rotatable bonds is 3. The molecule has 1 heterocycles. The molecule has 2 rings (SSSR count). The quantitative estimate of drug-likeness (QED) is 0.775. The van der Waals surface area contributed by atoms with E-state index in [-0.39, 0.29) is 5.91 Å². The average molecular weight is 221 g/mol. The summed E-state index contributed by atoms with van der Waals surface area (Å²) in [5, 5.41) is 0. The smallest absolute Gasteiger partial charge is 0.267 e. The van der Waals surface area contributed by atoms with Gasteiger partial charge in [0.15, 0.2) is 6.10 Å². The van der Waals surface area contributed by atoms with Crippen LogP contribution in [0.15, 0.2) is 24.3 Å². The number of hydrogen-bond acceptors (Lipinski definition) is 3. The Morgan fingerprint density at radius 3 is 2.94 bits per heavy atom. The molecule has 1 aromatic carbocycles. The first-order chi connectivity index (χ1) is 7.74. The van der Waals surface area contributed by atoms with Crippen LogP contribution in [0.5, 0.6) is 5.75 Å². The van der Waals surface area contributed by atoms with E-state index in [4.69, 9.17) is 9.47 Å². The summed E-state index contributed by atoms with van der Waals surface area (Å²) < 4.78 is 10.5. The van der Waals surface area contributed by atoms with Crippen LogP contribution in [0.2, 0.25) is 0 Å². The maximum Gasteiger partial charge on any atom is 0.267 e. The Kier molecular flexibility index (Phi) is 3.10. The third-order valence-corrected chi connectivity index (χ3v) is 2.59. The van der Waals surface area contributed by atoms with Gasteiger partial charge < -0.3 is 14.4 Å². The Balaban J connectivity index is 2.30. The van der Waals surface area contributed by atoms with E-state index in [1.807, 2.05) is 24.3 Å². The number of nitrogens with zero attached hydrogens (tertiary/aromatic N) is 1. The number of carbonyl (C=O) groups is 1. The van der Waals surface area contributed by atoms with Crippen molar-refractivity contribution in [1.82, 2.24) is 0 Å². The van der Waals surface area contributed by atoms with Crippen LogP contribution in [0.1, 0.15) is 6.92 Å². The van der Waals surface area contributed by atoms with E-state index in [1.165, 1.54) is 0 Å². The lowest BCUT2D eigenvalue weighted by molar-refractivity contribution is -0.125. The van der Waals surface area contributed by atoms with E-state index in [2.05, 4.69) is 0 Å². The number of carbonyl (C=O) groups excluding carboxylic acids is 1. The first-order valence-electron chi connectivity index (χ1n) is 5.30. The molecule has 0 radical (unpaired) electrons. The van der Waals surface area contributed by atoms with Crippen molar-refractivity contribution in [2.45, 2.75) is 13.0 Å². The van der Waals surface area contributed by atoms with Crippen molar-refractivity contribution >= 4 is 11.6 Å². The number of amides is 1. The number of methoxy groups -OCH3 is 1.